The van der Waals surface area contributed by atoms with E-state index in [-0.39, 0.29) is 6.04 Å². The third-order valence-corrected chi connectivity index (χ3v) is 6.52. The molecule has 0 aliphatic carbocycles. The number of hydrazine groups is 1. The van der Waals surface area contributed by atoms with Gasteiger partial charge in [0.15, 0.2) is 0 Å². The molecule has 7 heteroatoms. The Morgan fingerprint density at radius 2 is 1.73 bits per heavy atom. The Bertz CT molecular complexity index is 937. The topological polar surface area (TPSA) is 30.9 Å². The summed E-state index contributed by atoms with van der Waals surface area (Å²) in [6, 6.07) is 14.1. The van der Waals surface area contributed by atoms with Crippen LogP contribution in [0.2, 0.25) is 10.0 Å². The molecular formula is C23H26Cl2N4S. The summed E-state index contributed by atoms with van der Waals surface area (Å²) < 4.78 is 0. The molecule has 1 unspecified atom stereocenters. The van der Waals surface area contributed by atoms with Gasteiger partial charge in [-0.3, -0.25) is 5.01 Å². The lowest BCUT2D eigenvalue weighted by Crippen LogP contribution is -2.44. The summed E-state index contributed by atoms with van der Waals surface area (Å²) >= 11 is 18.4. The monoisotopic (exact) mass is 460 g/mol. The quantitative estimate of drug-likeness (QED) is 0.540. The molecular weight excluding hydrogens is 435 g/mol. The zero-order valence-electron chi connectivity index (χ0n) is 17.1. The first-order valence-corrected chi connectivity index (χ1v) is 11.6. The number of rotatable bonds is 4. The molecule has 0 spiro atoms. The van der Waals surface area contributed by atoms with Gasteiger partial charge in [0.05, 0.1) is 22.5 Å². The number of benzene rings is 2. The van der Waals surface area contributed by atoms with Gasteiger partial charge in [-0.25, -0.2) is 5.01 Å². The van der Waals surface area contributed by atoms with Crippen LogP contribution in [0.3, 0.4) is 0 Å². The highest BCUT2D eigenvalue weighted by molar-refractivity contribution is 7.82. The number of hydrogen-bond donors (Lipinski definition) is 1. The molecule has 4 nitrogen and oxygen atoms in total. The Kier molecular flexibility index (Phi) is 6.94. The molecule has 0 amide bonds. The van der Waals surface area contributed by atoms with E-state index in [0.29, 0.717) is 15.0 Å². The minimum atomic E-state index is 0.0307. The maximum Gasteiger partial charge on any atom is 0.137 e. The van der Waals surface area contributed by atoms with Crippen molar-refractivity contribution in [2.75, 3.05) is 18.1 Å². The third kappa shape index (κ3) is 4.97. The third-order valence-electron chi connectivity index (χ3n) is 5.66. The van der Waals surface area contributed by atoms with Crippen LogP contribution in [0.25, 0.3) is 0 Å². The maximum absolute atomic E-state index is 6.54. The Hall–Kier alpha value is -1.66. The lowest BCUT2D eigenvalue weighted by Gasteiger charge is -2.25. The fourth-order valence-electron chi connectivity index (χ4n) is 3.98. The fraction of sp³-hybridized carbons (Fsp3) is 0.391. The van der Waals surface area contributed by atoms with Gasteiger partial charge >= 0.3 is 0 Å². The van der Waals surface area contributed by atoms with E-state index < -0.39 is 0 Å². The predicted octanol–water partition coefficient (Wildman–Crippen LogP) is 6.32. The van der Waals surface area contributed by atoms with Crippen molar-refractivity contribution in [1.82, 2.24) is 10.4 Å². The van der Waals surface area contributed by atoms with Crippen LogP contribution in [0.5, 0.6) is 0 Å². The highest BCUT2D eigenvalue weighted by Gasteiger charge is 2.32. The number of nitrogens with one attached hydrogen (secondary N) is 1. The van der Waals surface area contributed by atoms with Crippen molar-refractivity contribution in [3.63, 3.8) is 0 Å². The molecule has 1 N–H and O–H groups in total. The number of anilines is 1. The van der Waals surface area contributed by atoms with E-state index in [2.05, 4.69) is 41.6 Å². The number of thiocarbonyl (C=S) groups is 1. The minimum Gasteiger partial charge on any atom is -0.308 e. The standard InChI is InChI=1S/C23H26Cl2N4S/c1-16-6-8-17(9-7-16)22-15-20(23(30)27-28-12-4-2-3-5-13-28)26-29(22)21-11-10-18(24)14-19(21)25/h6-11,14,22H,2-5,12-13,15H2,1H3,(H,27,30). The molecule has 0 aromatic heterocycles. The van der Waals surface area contributed by atoms with E-state index >= 15 is 0 Å². The summed E-state index contributed by atoms with van der Waals surface area (Å²) in [5.41, 5.74) is 7.56. The van der Waals surface area contributed by atoms with Crippen LogP contribution in [0.15, 0.2) is 47.6 Å². The van der Waals surface area contributed by atoms with Crippen LogP contribution < -0.4 is 10.4 Å². The lowest BCUT2D eigenvalue weighted by molar-refractivity contribution is 0.248. The second kappa shape index (κ2) is 9.65. The van der Waals surface area contributed by atoms with E-state index in [0.717, 1.165) is 30.9 Å². The molecule has 2 aromatic carbocycles. The summed E-state index contributed by atoms with van der Waals surface area (Å²) in [6.45, 7) is 4.12. The van der Waals surface area contributed by atoms with Gasteiger partial charge < -0.3 is 5.43 Å². The van der Waals surface area contributed by atoms with E-state index in [4.69, 9.17) is 40.5 Å². The minimum absolute atomic E-state index is 0.0307. The zero-order valence-corrected chi connectivity index (χ0v) is 19.4. The van der Waals surface area contributed by atoms with E-state index in [1.165, 1.54) is 36.8 Å². The molecule has 0 saturated carbocycles. The molecule has 1 fully saturated rings. The van der Waals surface area contributed by atoms with Crippen LogP contribution in [0.1, 0.15) is 49.3 Å². The summed E-state index contributed by atoms with van der Waals surface area (Å²) in [5, 5.41) is 10.3. The second-order valence-electron chi connectivity index (χ2n) is 7.96. The van der Waals surface area contributed by atoms with E-state index in [1.54, 1.807) is 6.07 Å². The van der Waals surface area contributed by atoms with Crippen molar-refractivity contribution in [3.8, 4) is 0 Å². The highest BCUT2D eigenvalue weighted by atomic mass is 35.5. The lowest BCUT2D eigenvalue weighted by atomic mass is 10.00. The number of halogens is 2. The summed E-state index contributed by atoms with van der Waals surface area (Å²) in [7, 11) is 0. The molecule has 0 bridgehead atoms. The smallest absolute Gasteiger partial charge is 0.137 e. The molecule has 2 heterocycles. The zero-order chi connectivity index (χ0) is 21.1. The fourth-order valence-corrected chi connectivity index (χ4v) is 4.72. The SMILES string of the molecule is Cc1ccc(C2CC(C(=S)NN3CCCCCC3)=NN2c2ccc(Cl)cc2Cl)cc1. The molecule has 2 aromatic rings. The van der Waals surface area contributed by atoms with E-state index in [1.807, 2.05) is 17.1 Å². The maximum atomic E-state index is 6.54. The molecule has 0 radical (unpaired) electrons. The first-order valence-electron chi connectivity index (χ1n) is 10.5. The van der Waals surface area contributed by atoms with Crippen molar-refractivity contribution < 1.29 is 0 Å². The normalized spacial score (nSPS) is 20.0. The predicted molar refractivity (Wildman–Crippen MR) is 131 cm³/mol. The summed E-state index contributed by atoms with van der Waals surface area (Å²) in [4.78, 5) is 0.696. The molecule has 2 aliphatic rings. The van der Waals surface area contributed by atoms with Gasteiger partial charge in [0, 0.05) is 24.5 Å². The van der Waals surface area contributed by atoms with Crippen molar-refractivity contribution in [1.29, 1.82) is 0 Å². The average Bonchev–Trinajstić information content (AvgIpc) is 3.00. The van der Waals surface area contributed by atoms with Crippen LogP contribution in [-0.4, -0.2) is 28.8 Å². The Morgan fingerprint density at radius 3 is 2.40 bits per heavy atom. The van der Waals surface area contributed by atoms with Crippen LogP contribution in [0, 0.1) is 6.92 Å². The number of hydrogen-bond acceptors (Lipinski definition) is 4. The van der Waals surface area contributed by atoms with Gasteiger partial charge in [-0.2, -0.15) is 5.10 Å². The molecule has 2 aliphatic heterocycles. The highest BCUT2D eigenvalue weighted by Crippen LogP contribution is 2.39. The summed E-state index contributed by atoms with van der Waals surface area (Å²) in [5.74, 6) is 0. The Labute approximate surface area is 193 Å². The summed E-state index contributed by atoms with van der Waals surface area (Å²) in [6.07, 6.45) is 5.68. The van der Waals surface area contributed by atoms with E-state index in [9.17, 15) is 0 Å². The van der Waals surface area contributed by atoms with Crippen molar-refractivity contribution in [2.24, 2.45) is 5.10 Å². The number of hydrazone groups is 1. The van der Waals surface area contributed by atoms with Gasteiger partial charge in [0.1, 0.15) is 4.99 Å². The molecule has 1 atom stereocenters. The van der Waals surface area contributed by atoms with Gasteiger partial charge in [0.2, 0.25) is 0 Å². The van der Waals surface area contributed by atoms with Gasteiger partial charge in [-0.05, 0) is 43.5 Å². The molecule has 4 rings (SSSR count). The first-order chi connectivity index (χ1) is 14.5. The number of aryl methyl sites for hydroxylation is 1. The van der Waals surface area contributed by atoms with Gasteiger partial charge in [-0.15, -0.1) is 0 Å². The van der Waals surface area contributed by atoms with Crippen molar-refractivity contribution >= 4 is 51.8 Å². The van der Waals surface area contributed by atoms with Gasteiger partial charge in [0.25, 0.3) is 0 Å². The average molecular weight is 461 g/mol. The Balaban J connectivity index is 1.61. The first kappa shape index (κ1) is 21.6. The second-order valence-corrected chi connectivity index (χ2v) is 9.21. The van der Waals surface area contributed by atoms with Crippen LogP contribution >= 0.6 is 35.4 Å². The Morgan fingerprint density at radius 1 is 1.03 bits per heavy atom. The van der Waals surface area contributed by atoms with Crippen molar-refractivity contribution in [3.05, 3.63) is 63.6 Å². The molecule has 30 heavy (non-hydrogen) atoms. The number of nitrogens with zero attached hydrogens (tertiary/aromatic N) is 3. The van der Waals surface area contributed by atoms with Crippen LogP contribution in [-0.2, 0) is 0 Å². The van der Waals surface area contributed by atoms with Crippen molar-refractivity contribution in [2.45, 2.75) is 45.1 Å². The van der Waals surface area contributed by atoms with Crippen LogP contribution in [0.4, 0.5) is 5.69 Å². The molecule has 1 saturated heterocycles. The van der Waals surface area contributed by atoms with Gasteiger partial charge in [-0.1, -0.05) is 78.1 Å². The largest absolute Gasteiger partial charge is 0.308 e. The molecule has 158 valence electrons.